The van der Waals surface area contributed by atoms with E-state index >= 15 is 0 Å². The maximum atomic E-state index is 11.2. The molecule has 0 saturated heterocycles. The second-order valence-corrected chi connectivity index (χ2v) is 7.87. The van der Waals surface area contributed by atoms with E-state index in [2.05, 4.69) is 0 Å². The molecule has 0 atom stereocenters. The van der Waals surface area contributed by atoms with Crippen LogP contribution in [-0.4, -0.2) is 24.0 Å². The summed E-state index contributed by atoms with van der Waals surface area (Å²) in [5, 5.41) is 0. The van der Waals surface area contributed by atoms with Gasteiger partial charge >= 0.3 is 7.60 Å². The van der Waals surface area contributed by atoms with Crippen LogP contribution in [0.15, 0.2) is 72.8 Å². The van der Waals surface area contributed by atoms with Crippen LogP contribution in [-0.2, 0) is 10.7 Å². The summed E-state index contributed by atoms with van der Waals surface area (Å²) < 4.78 is 21.7. The van der Waals surface area contributed by atoms with Gasteiger partial charge in [0, 0.05) is 17.1 Å². The Morgan fingerprint density at radius 3 is 1.39 bits per heavy atom. The predicted molar refractivity (Wildman–Crippen MR) is 110 cm³/mol. The highest BCUT2D eigenvalue weighted by Gasteiger charge is 2.16. The Morgan fingerprint density at radius 1 is 0.714 bits per heavy atom. The Bertz CT molecular complexity index is 902. The Labute approximate surface area is 164 Å². The highest BCUT2D eigenvalue weighted by molar-refractivity contribution is 7.50. The van der Waals surface area contributed by atoms with E-state index in [0.29, 0.717) is 5.56 Å². The van der Waals surface area contributed by atoms with Gasteiger partial charge in [0.2, 0.25) is 0 Å². The van der Waals surface area contributed by atoms with Crippen molar-refractivity contribution in [1.82, 2.24) is 0 Å². The third kappa shape index (κ3) is 4.93. The van der Waals surface area contributed by atoms with Crippen molar-refractivity contribution in [3.8, 4) is 11.5 Å². The van der Waals surface area contributed by atoms with E-state index in [1.807, 2.05) is 65.6 Å². The van der Waals surface area contributed by atoms with Gasteiger partial charge in [0.15, 0.2) is 0 Å². The predicted octanol–water partition coefficient (Wildman–Crippen LogP) is 4.85. The van der Waals surface area contributed by atoms with E-state index in [-0.39, 0.29) is 6.16 Å². The largest absolute Gasteiger partial charge is 0.497 e. The number of hydrogen-bond donors (Lipinski definition) is 2. The van der Waals surface area contributed by atoms with Crippen LogP contribution in [0.5, 0.6) is 11.5 Å². The van der Waals surface area contributed by atoms with Crippen LogP contribution in [0.1, 0.15) is 5.56 Å². The summed E-state index contributed by atoms with van der Waals surface area (Å²) >= 11 is 0. The van der Waals surface area contributed by atoms with E-state index in [9.17, 15) is 14.4 Å². The summed E-state index contributed by atoms with van der Waals surface area (Å²) in [6.45, 7) is 0. The first-order valence-electron chi connectivity index (χ1n) is 8.61. The quantitative estimate of drug-likeness (QED) is 0.553. The first-order valence-corrected chi connectivity index (χ1v) is 10.4. The molecule has 0 bridgehead atoms. The molecule has 0 aliphatic heterocycles. The molecule has 28 heavy (non-hydrogen) atoms. The molecule has 6 nitrogen and oxygen atoms in total. The summed E-state index contributed by atoms with van der Waals surface area (Å²) in [5.41, 5.74) is 3.30. The average Bonchev–Trinajstić information content (AvgIpc) is 2.69. The van der Waals surface area contributed by atoms with E-state index < -0.39 is 7.60 Å². The number of nitrogens with zero attached hydrogens (tertiary/aromatic N) is 1. The molecule has 2 N–H and O–H groups in total. The number of ether oxygens (including phenoxy) is 2. The van der Waals surface area contributed by atoms with Crippen LogP contribution in [0.2, 0.25) is 0 Å². The minimum absolute atomic E-state index is 0.279. The molecule has 0 heterocycles. The summed E-state index contributed by atoms with van der Waals surface area (Å²) in [6, 6.07) is 22.5. The highest BCUT2D eigenvalue weighted by atomic mass is 31.2. The van der Waals surface area contributed by atoms with E-state index in [1.54, 1.807) is 26.4 Å². The molecule has 0 unspecified atom stereocenters. The van der Waals surface area contributed by atoms with Gasteiger partial charge in [-0.2, -0.15) is 0 Å². The molecule has 0 aliphatic carbocycles. The fraction of sp³-hybridized carbons (Fsp3) is 0.143. The van der Waals surface area contributed by atoms with Gasteiger partial charge in [0.25, 0.3) is 0 Å². The van der Waals surface area contributed by atoms with E-state index in [1.165, 1.54) is 0 Å². The third-order valence-corrected chi connectivity index (χ3v) is 5.02. The molecule has 0 spiro atoms. The van der Waals surface area contributed by atoms with Crippen molar-refractivity contribution in [1.29, 1.82) is 0 Å². The van der Waals surface area contributed by atoms with E-state index in [0.717, 1.165) is 28.6 Å². The third-order valence-electron chi connectivity index (χ3n) is 4.24. The molecule has 0 aromatic heterocycles. The number of benzene rings is 3. The molecule has 0 amide bonds. The second-order valence-electron chi connectivity index (χ2n) is 6.22. The second kappa shape index (κ2) is 8.48. The SMILES string of the molecule is COc1ccc(N(c2ccc(CP(=O)(O)O)cc2)c2ccc(OC)cc2)cc1. The molecule has 0 aliphatic rings. The summed E-state index contributed by atoms with van der Waals surface area (Å²) in [7, 11) is -0.860. The van der Waals surface area contributed by atoms with Crippen LogP contribution in [0.25, 0.3) is 0 Å². The van der Waals surface area contributed by atoms with Crippen LogP contribution >= 0.6 is 7.60 Å². The molecule has 146 valence electrons. The number of rotatable bonds is 7. The molecule has 7 heteroatoms. The monoisotopic (exact) mass is 399 g/mol. The minimum atomic E-state index is -4.10. The Kier molecular flexibility index (Phi) is 6.05. The minimum Gasteiger partial charge on any atom is -0.497 e. The fourth-order valence-electron chi connectivity index (χ4n) is 2.90. The van der Waals surface area contributed by atoms with Crippen LogP contribution < -0.4 is 14.4 Å². The van der Waals surface area contributed by atoms with Gasteiger partial charge in [-0.3, -0.25) is 4.57 Å². The van der Waals surface area contributed by atoms with Crippen molar-refractivity contribution < 1.29 is 23.8 Å². The van der Waals surface area contributed by atoms with Crippen LogP contribution in [0, 0.1) is 0 Å². The maximum absolute atomic E-state index is 11.2. The van der Waals surface area contributed by atoms with Crippen molar-refractivity contribution in [3.63, 3.8) is 0 Å². The molecule has 0 fully saturated rings. The summed E-state index contributed by atoms with van der Waals surface area (Å²) in [6.07, 6.45) is -0.279. The molecular weight excluding hydrogens is 377 g/mol. The zero-order valence-electron chi connectivity index (χ0n) is 15.6. The first kappa shape index (κ1) is 20.0. The lowest BCUT2D eigenvalue weighted by atomic mass is 10.1. The van der Waals surface area contributed by atoms with Crippen molar-refractivity contribution in [2.75, 3.05) is 19.1 Å². The molecule has 3 aromatic carbocycles. The summed E-state index contributed by atoms with van der Waals surface area (Å²) in [4.78, 5) is 20.4. The Balaban J connectivity index is 2.00. The molecule has 3 aromatic rings. The molecule has 0 radical (unpaired) electrons. The molecular formula is C21H22NO5P. The van der Waals surface area contributed by atoms with Gasteiger partial charge in [0.05, 0.1) is 20.4 Å². The molecule has 3 rings (SSSR count). The maximum Gasteiger partial charge on any atom is 0.329 e. The van der Waals surface area contributed by atoms with Crippen molar-refractivity contribution in [3.05, 3.63) is 78.4 Å². The Morgan fingerprint density at radius 2 is 1.07 bits per heavy atom. The normalized spacial score (nSPS) is 11.1. The van der Waals surface area contributed by atoms with Crippen molar-refractivity contribution in [2.24, 2.45) is 0 Å². The lowest BCUT2D eigenvalue weighted by Gasteiger charge is -2.26. The topological polar surface area (TPSA) is 79.2 Å². The zero-order valence-corrected chi connectivity index (χ0v) is 16.5. The lowest BCUT2D eigenvalue weighted by Crippen LogP contribution is -2.10. The van der Waals surface area contributed by atoms with Crippen LogP contribution in [0.3, 0.4) is 0 Å². The van der Waals surface area contributed by atoms with Gasteiger partial charge < -0.3 is 24.2 Å². The number of anilines is 3. The smallest absolute Gasteiger partial charge is 0.329 e. The van der Waals surface area contributed by atoms with Gasteiger partial charge in [-0.25, -0.2) is 0 Å². The highest BCUT2D eigenvalue weighted by Crippen LogP contribution is 2.40. The van der Waals surface area contributed by atoms with Gasteiger partial charge in [-0.05, 0) is 66.2 Å². The van der Waals surface area contributed by atoms with E-state index in [4.69, 9.17) is 9.47 Å². The van der Waals surface area contributed by atoms with Crippen LogP contribution in [0.4, 0.5) is 17.1 Å². The zero-order chi connectivity index (χ0) is 20.1. The fourth-order valence-corrected chi connectivity index (χ4v) is 3.58. The van der Waals surface area contributed by atoms with Gasteiger partial charge in [-0.15, -0.1) is 0 Å². The molecule has 0 saturated carbocycles. The number of hydrogen-bond acceptors (Lipinski definition) is 4. The van der Waals surface area contributed by atoms with Gasteiger partial charge in [-0.1, -0.05) is 12.1 Å². The average molecular weight is 399 g/mol. The standard InChI is InChI=1S/C21H22NO5P/c1-26-20-11-7-18(8-12-20)22(19-9-13-21(27-2)14-10-19)17-5-3-16(4-6-17)15-28(23,24)25/h3-14H,15H2,1-2H3,(H2,23,24,25). The lowest BCUT2D eigenvalue weighted by molar-refractivity contribution is 0.371. The first-order chi connectivity index (χ1) is 13.4. The Hall–Kier alpha value is -2.79. The van der Waals surface area contributed by atoms with Crippen molar-refractivity contribution >= 4 is 24.7 Å². The summed E-state index contributed by atoms with van der Waals surface area (Å²) in [5.74, 6) is 1.52. The van der Waals surface area contributed by atoms with Gasteiger partial charge in [0.1, 0.15) is 11.5 Å². The van der Waals surface area contributed by atoms with Crippen molar-refractivity contribution in [2.45, 2.75) is 6.16 Å². The number of methoxy groups -OCH3 is 2.